The lowest BCUT2D eigenvalue weighted by Gasteiger charge is -2.18. The quantitative estimate of drug-likeness (QED) is 0.832. The number of carbonyl (C=O) groups is 2. The molecule has 0 aromatic heterocycles. The minimum Gasteiger partial charge on any atom is -0.497 e. The van der Waals surface area contributed by atoms with E-state index in [1.807, 2.05) is 0 Å². The minimum atomic E-state index is -1.04. The molecule has 1 amide bonds. The molecule has 5 heteroatoms. The van der Waals surface area contributed by atoms with E-state index in [4.69, 9.17) is 9.84 Å². The van der Waals surface area contributed by atoms with Crippen LogP contribution in [0, 0.1) is 5.92 Å². The average Bonchev–Trinajstić information content (AvgIpc) is 2.34. The lowest BCUT2D eigenvalue weighted by atomic mass is 10.0. The van der Waals surface area contributed by atoms with Gasteiger partial charge in [0, 0.05) is 5.56 Å². The van der Waals surface area contributed by atoms with Crippen molar-refractivity contribution in [2.24, 2.45) is 5.92 Å². The van der Waals surface area contributed by atoms with Crippen molar-refractivity contribution < 1.29 is 19.4 Å². The maximum Gasteiger partial charge on any atom is 0.326 e. The fraction of sp³-hybridized carbons (Fsp3) is 0.385. The summed E-state index contributed by atoms with van der Waals surface area (Å²) < 4.78 is 5.01. The molecule has 0 saturated heterocycles. The summed E-state index contributed by atoms with van der Waals surface area (Å²) >= 11 is 0. The largest absolute Gasteiger partial charge is 0.497 e. The lowest BCUT2D eigenvalue weighted by Crippen LogP contribution is -2.44. The van der Waals surface area contributed by atoms with Crippen molar-refractivity contribution in [2.45, 2.75) is 19.9 Å². The Bertz CT molecular complexity index is 442. The van der Waals surface area contributed by atoms with Crippen molar-refractivity contribution in [3.8, 4) is 5.75 Å². The number of nitrogens with one attached hydrogen (secondary N) is 1. The molecular formula is C13H17NO4. The zero-order valence-electron chi connectivity index (χ0n) is 10.6. The van der Waals surface area contributed by atoms with Crippen LogP contribution in [-0.2, 0) is 4.79 Å². The maximum atomic E-state index is 11.9. The molecule has 0 spiro atoms. The first kappa shape index (κ1) is 14.0. The van der Waals surface area contributed by atoms with Gasteiger partial charge < -0.3 is 15.2 Å². The highest BCUT2D eigenvalue weighted by Crippen LogP contribution is 2.13. The van der Waals surface area contributed by atoms with Crippen LogP contribution in [0.5, 0.6) is 5.75 Å². The molecule has 0 saturated carbocycles. The predicted molar refractivity (Wildman–Crippen MR) is 66.7 cm³/mol. The van der Waals surface area contributed by atoms with Crippen LogP contribution in [0.3, 0.4) is 0 Å². The number of carboxylic acids is 1. The van der Waals surface area contributed by atoms with Gasteiger partial charge in [-0.2, -0.15) is 0 Å². The predicted octanol–water partition coefficient (Wildman–Crippen LogP) is 1.53. The third-order valence-electron chi connectivity index (χ3n) is 2.55. The van der Waals surface area contributed by atoms with Crippen LogP contribution in [0.4, 0.5) is 0 Å². The third-order valence-corrected chi connectivity index (χ3v) is 2.55. The number of benzene rings is 1. The summed E-state index contributed by atoms with van der Waals surface area (Å²) in [5, 5.41) is 11.5. The molecular weight excluding hydrogens is 234 g/mol. The number of methoxy groups -OCH3 is 1. The molecule has 18 heavy (non-hydrogen) atoms. The van der Waals surface area contributed by atoms with Crippen molar-refractivity contribution in [1.29, 1.82) is 0 Å². The number of ether oxygens (including phenoxy) is 1. The van der Waals surface area contributed by atoms with Gasteiger partial charge in [0.25, 0.3) is 5.91 Å². The van der Waals surface area contributed by atoms with Crippen LogP contribution in [0.25, 0.3) is 0 Å². The van der Waals surface area contributed by atoms with Crippen molar-refractivity contribution in [2.75, 3.05) is 7.11 Å². The second-order valence-electron chi connectivity index (χ2n) is 4.27. The number of hydrogen-bond acceptors (Lipinski definition) is 3. The highest BCUT2D eigenvalue weighted by atomic mass is 16.5. The van der Waals surface area contributed by atoms with Gasteiger partial charge in [0.2, 0.25) is 0 Å². The molecule has 1 aromatic rings. The van der Waals surface area contributed by atoms with E-state index in [0.717, 1.165) is 0 Å². The fourth-order valence-electron chi connectivity index (χ4n) is 1.50. The molecule has 0 unspecified atom stereocenters. The van der Waals surface area contributed by atoms with Gasteiger partial charge >= 0.3 is 5.97 Å². The Morgan fingerprint density at radius 2 is 2.00 bits per heavy atom. The van der Waals surface area contributed by atoms with E-state index in [1.54, 1.807) is 38.1 Å². The highest BCUT2D eigenvalue weighted by Gasteiger charge is 2.23. The Labute approximate surface area is 106 Å². The second-order valence-corrected chi connectivity index (χ2v) is 4.27. The van der Waals surface area contributed by atoms with Gasteiger partial charge in [-0.05, 0) is 24.1 Å². The van der Waals surface area contributed by atoms with Gasteiger partial charge in [0.1, 0.15) is 11.8 Å². The molecule has 0 aliphatic heterocycles. The van der Waals surface area contributed by atoms with Gasteiger partial charge in [-0.25, -0.2) is 4.79 Å². The summed E-state index contributed by atoms with van der Waals surface area (Å²) in [5.41, 5.74) is 0.376. The molecule has 0 aliphatic rings. The Morgan fingerprint density at radius 3 is 2.50 bits per heavy atom. The van der Waals surface area contributed by atoms with Gasteiger partial charge in [-0.1, -0.05) is 19.9 Å². The number of carboxylic acid groups (broad SMARTS) is 1. The molecule has 1 aromatic carbocycles. The van der Waals surface area contributed by atoms with Gasteiger partial charge in [0.05, 0.1) is 7.11 Å². The number of amides is 1. The number of carbonyl (C=O) groups excluding carboxylic acids is 1. The van der Waals surface area contributed by atoms with Crippen molar-refractivity contribution in [3.63, 3.8) is 0 Å². The summed E-state index contributed by atoms with van der Waals surface area (Å²) in [6.07, 6.45) is 0. The summed E-state index contributed by atoms with van der Waals surface area (Å²) in [6.45, 7) is 3.48. The van der Waals surface area contributed by atoms with Crippen LogP contribution in [0.15, 0.2) is 24.3 Å². The van der Waals surface area contributed by atoms with Crippen molar-refractivity contribution in [1.82, 2.24) is 5.32 Å². The highest BCUT2D eigenvalue weighted by molar-refractivity contribution is 5.96. The summed E-state index contributed by atoms with van der Waals surface area (Å²) in [6, 6.07) is 5.67. The first-order valence-electron chi connectivity index (χ1n) is 5.63. The molecule has 5 nitrogen and oxygen atoms in total. The van der Waals surface area contributed by atoms with Gasteiger partial charge in [-0.3, -0.25) is 4.79 Å². The molecule has 1 atom stereocenters. The summed E-state index contributed by atoms with van der Waals surface area (Å²) in [7, 11) is 1.51. The SMILES string of the molecule is COc1cccc(C(=O)N[C@H](C(=O)O)C(C)C)c1. The normalized spacial score (nSPS) is 12.0. The molecule has 0 aliphatic carbocycles. The topological polar surface area (TPSA) is 75.6 Å². The smallest absolute Gasteiger partial charge is 0.326 e. The minimum absolute atomic E-state index is 0.183. The molecule has 0 bridgehead atoms. The van der Waals surface area contributed by atoms with Crippen molar-refractivity contribution >= 4 is 11.9 Å². The van der Waals surface area contributed by atoms with E-state index < -0.39 is 17.9 Å². The zero-order chi connectivity index (χ0) is 13.7. The molecule has 0 heterocycles. The van der Waals surface area contributed by atoms with E-state index >= 15 is 0 Å². The Balaban J connectivity index is 2.83. The standard InChI is InChI=1S/C13H17NO4/c1-8(2)11(13(16)17)14-12(15)9-5-4-6-10(7-9)18-3/h4-8,11H,1-3H3,(H,14,15)(H,16,17)/t11-/m0/s1. The Kier molecular flexibility index (Phi) is 4.71. The van der Waals surface area contributed by atoms with Crippen LogP contribution in [0.2, 0.25) is 0 Å². The molecule has 1 rings (SSSR count). The first-order valence-corrected chi connectivity index (χ1v) is 5.63. The lowest BCUT2D eigenvalue weighted by molar-refractivity contribution is -0.140. The van der Waals surface area contributed by atoms with E-state index in [2.05, 4.69) is 5.32 Å². The van der Waals surface area contributed by atoms with Crippen LogP contribution < -0.4 is 10.1 Å². The fourth-order valence-corrected chi connectivity index (χ4v) is 1.50. The Morgan fingerprint density at radius 1 is 1.33 bits per heavy atom. The van der Waals surface area contributed by atoms with E-state index in [1.165, 1.54) is 7.11 Å². The third kappa shape index (κ3) is 3.48. The van der Waals surface area contributed by atoms with Gasteiger partial charge in [-0.15, -0.1) is 0 Å². The first-order chi connectivity index (χ1) is 8.45. The molecule has 98 valence electrons. The van der Waals surface area contributed by atoms with E-state index in [-0.39, 0.29) is 5.92 Å². The van der Waals surface area contributed by atoms with Crippen LogP contribution in [0.1, 0.15) is 24.2 Å². The summed E-state index contributed by atoms with van der Waals surface area (Å²) in [4.78, 5) is 22.9. The van der Waals surface area contributed by atoms with E-state index in [9.17, 15) is 9.59 Å². The maximum absolute atomic E-state index is 11.9. The zero-order valence-corrected chi connectivity index (χ0v) is 10.6. The molecule has 2 N–H and O–H groups in total. The van der Waals surface area contributed by atoms with Crippen molar-refractivity contribution in [3.05, 3.63) is 29.8 Å². The molecule has 0 radical (unpaired) electrons. The average molecular weight is 251 g/mol. The summed E-state index contributed by atoms with van der Waals surface area (Å²) in [5.74, 6) is -1.09. The number of rotatable bonds is 5. The molecule has 0 fully saturated rings. The van der Waals surface area contributed by atoms with Crippen LogP contribution >= 0.6 is 0 Å². The van der Waals surface area contributed by atoms with Gasteiger partial charge in [0.15, 0.2) is 0 Å². The van der Waals surface area contributed by atoms with E-state index in [0.29, 0.717) is 11.3 Å². The second kappa shape index (κ2) is 6.05. The Hall–Kier alpha value is -2.04. The monoisotopic (exact) mass is 251 g/mol. The number of hydrogen-bond donors (Lipinski definition) is 2. The number of aliphatic carboxylic acids is 1. The van der Waals surface area contributed by atoms with Crippen LogP contribution in [-0.4, -0.2) is 30.1 Å².